The lowest BCUT2D eigenvalue weighted by Gasteiger charge is -2.25. The van der Waals surface area contributed by atoms with Crippen LogP contribution in [0.1, 0.15) is 23.6 Å². The number of amides is 1. The van der Waals surface area contributed by atoms with E-state index in [-0.39, 0.29) is 16.9 Å². The fourth-order valence-corrected chi connectivity index (χ4v) is 4.07. The molecule has 2 heterocycles. The Morgan fingerprint density at radius 1 is 1.13 bits per heavy atom. The first-order valence-corrected chi connectivity index (χ1v) is 10.1. The van der Waals surface area contributed by atoms with Crippen LogP contribution in [0.25, 0.3) is 16.7 Å². The summed E-state index contributed by atoms with van der Waals surface area (Å²) < 4.78 is 13.4. The molecule has 160 valence electrons. The van der Waals surface area contributed by atoms with Crippen molar-refractivity contribution in [2.45, 2.75) is 12.5 Å². The first-order valence-electron chi connectivity index (χ1n) is 10.1. The highest BCUT2D eigenvalue weighted by Gasteiger charge is 2.46. The van der Waals surface area contributed by atoms with Gasteiger partial charge in [-0.05, 0) is 57.4 Å². The maximum absolute atomic E-state index is 13.4. The van der Waals surface area contributed by atoms with Crippen LogP contribution in [0.5, 0.6) is 0 Å². The van der Waals surface area contributed by atoms with E-state index in [0.29, 0.717) is 13.0 Å². The molecule has 2 aromatic carbocycles. The minimum absolute atomic E-state index is 0.0196. The van der Waals surface area contributed by atoms with E-state index in [2.05, 4.69) is 4.98 Å². The van der Waals surface area contributed by atoms with Gasteiger partial charge >= 0.3 is 0 Å². The molecule has 0 bridgehead atoms. The van der Waals surface area contributed by atoms with Crippen molar-refractivity contribution in [1.82, 2.24) is 14.8 Å². The van der Waals surface area contributed by atoms with Gasteiger partial charge in [-0.1, -0.05) is 18.2 Å². The number of aromatic nitrogens is 1. The Morgan fingerprint density at radius 3 is 2.55 bits per heavy atom. The molecule has 6 nitrogen and oxygen atoms in total. The average molecular weight is 421 g/mol. The molecule has 31 heavy (non-hydrogen) atoms. The van der Waals surface area contributed by atoms with Crippen molar-refractivity contribution < 1.29 is 19.1 Å². The van der Waals surface area contributed by atoms with Gasteiger partial charge < -0.3 is 19.9 Å². The molecule has 1 amide bonds. The SMILES string of the molecule is CN(C)CCCN1C(=O)C(=O)/C(=C(/O)c2ccc(F)cc2)C1c1c[nH]c2ccccc12. The third-order valence-electron chi connectivity index (χ3n) is 5.58. The number of ketones is 1. The standard InChI is InChI=1S/C24H24FN3O3/c1-27(2)12-5-13-28-21(18-14-26-19-7-4-3-6-17(18)19)20(23(30)24(28)31)22(29)15-8-10-16(25)11-9-15/h3-4,6-11,14,21,26,29H,5,12-13H2,1-2H3/b22-20+. The smallest absolute Gasteiger partial charge is 0.295 e. The van der Waals surface area contributed by atoms with Gasteiger partial charge in [0.05, 0.1) is 11.6 Å². The van der Waals surface area contributed by atoms with Gasteiger partial charge in [-0.2, -0.15) is 0 Å². The van der Waals surface area contributed by atoms with Gasteiger partial charge in [0.2, 0.25) is 0 Å². The molecular formula is C24H24FN3O3. The summed E-state index contributed by atoms with van der Waals surface area (Å²) in [5, 5.41) is 11.9. The quantitative estimate of drug-likeness (QED) is 0.362. The number of H-pyrrole nitrogens is 1. The summed E-state index contributed by atoms with van der Waals surface area (Å²) in [5.41, 5.74) is 1.92. The summed E-state index contributed by atoms with van der Waals surface area (Å²) in [6.45, 7) is 1.12. The molecule has 1 unspecified atom stereocenters. The summed E-state index contributed by atoms with van der Waals surface area (Å²) in [6.07, 6.45) is 2.45. The average Bonchev–Trinajstić information content (AvgIpc) is 3.28. The van der Waals surface area contributed by atoms with Crippen LogP contribution in [0.15, 0.2) is 60.3 Å². The van der Waals surface area contributed by atoms with Gasteiger partial charge in [-0.15, -0.1) is 0 Å². The zero-order valence-electron chi connectivity index (χ0n) is 17.4. The summed E-state index contributed by atoms with van der Waals surface area (Å²) in [4.78, 5) is 32.7. The van der Waals surface area contributed by atoms with Gasteiger partial charge in [-0.3, -0.25) is 9.59 Å². The molecule has 0 spiro atoms. The summed E-state index contributed by atoms with van der Waals surface area (Å²) in [6, 6.07) is 12.1. The number of fused-ring (bicyclic) bond motifs is 1. The van der Waals surface area contributed by atoms with E-state index in [1.807, 2.05) is 43.3 Å². The number of carbonyl (C=O) groups is 2. The van der Waals surface area contributed by atoms with Crippen LogP contribution in [0.2, 0.25) is 0 Å². The molecule has 1 atom stereocenters. The molecule has 2 N–H and O–H groups in total. The lowest BCUT2D eigenvalue weighted by atomic mass is 9.95. The second kappa shape index (κ2) is 8.35. The molecular weight excluding hydrogens is 397 g/mol. The Balaban J connectivity index is 1.85. The third kappa shape index (κ3) is 3.84. The van der Waals surface area contributed by atoms with Crippen LogP contribution in [0.3, 0.4) is 0 Å². The van der Waals surface area contributed by atoms with Crippen LogP contribution in [0, 0.1) is 5.82 Å². The zero-order valence-corrected chi connectivity index (χ0v) is 17.4. The van der Waals surface area contributed by atoms with E-state index >= 15 is 0 Å². The number of aliphatic hydroxyl groups is 1. The fraction of sp³-hybridized carbons (Fsp3) is 0.250. The van der Waals surface area contributed by atoms with Crippen molar-refractivity contribution in [3.8, 4) is 0 Å². The van der Waals surface area contributed by atoms with Crippen molar-refractivity contribution >= 4 is 28.4 Å². The number of aromatic amines is 1. The Hall–Kier alpha value is -3.45. The number of Topliss-reactive ketones (excluding diaryl/α,β-unsaturated/α-hetero) is 1. The van der Waals surface area contributed by atoms with Crippen molar-refractivity contribution in [2.75, 3.05) is 27.2 Å². The van der Waals surface area contributed by atoms with E-state index in [0.717, 1.165) is 23.0 Å². The maximum atomic E-state index is 13.4. The molecule has 1 aliphatic heterocycles. The normalized spacial score (nSPS) is 18.5. The summed E-state index contributed by atoms with van der Waals surface area (Å²) in [7, 11) is 3.89. The molecule has 1 saturated heterocycles. The molecule has 1 fully saturated rings. The Morgan fingerprint density at radius 2 is 1.84 bits per heavy atom. The minimum atomic E-state index is -0.734. The number of halogens is 1. The zero-order chi connectivity index (χ0) is 22.1. The molecule has 1 aromatic heterocycles. The monoisotopic (exact) mass is 421 g/mol. The lowest BCUT2D eigenvalue weighted by Crippen LogP contribution is -2.32. The van der Waals surface area contributed by atoms with Gasteiger partial charge in [0.15, 0.2) is 0 Å². The number of hydrogen-bond donors (Lipinski definition) is 2. The van der Waals surface area contributed by atoms with E-state index in [1.165, 1.54) is 29.2 Å². The number of para-hydroxylation sites is 1. The van der Waals surface area contributed by atoms with E-state index in [4.69, 9.17) is 0 Å². The highest BCUT2D eigenvalue weighted by molar-refractivity contribution is 6.46. The number of nitrogens with one attached hydrogen (secondary N) is 1. The van der Waals surface area contributed by atoms with Crippen molar-refractivity contribution in [1.29, 1.82) is 0 Å². The van der Waals surface area contributed by atoms with Crippen LogP contribution < -0.4 is 0 Å². The van der Waals surface area contributed by atoms with Crippen LogP contribution in [-0.4, -0.2) is 58.8 Å². The molecule has 1 aliphatic rings. The predicted octanol–water partition coefficient (Wildman–Crippen LogP) is 3.68. The Kier molecular flexibility index (Phi) is 5.61. The number of aliphatic hydroxyl groups excluding tert-OH is 1. The Bertz CT molecular complexity index is 1160. The predicted molar refractivity (Wildman–Crippen MR) is 117 cm³/mol. The van der Waals surface area contributed by atoms with Crippen LogP contribution >= 0.6 is 0 Å². The third-order valence-corrected chi connectivity index (χ3v) is 5.58. The maximum Gasteiger partial charge on any atom is 0.295 e. The topological polar surface area (TPSA) is 76.6 Å². The number of likely N-dealkylation sites (tertiary alicyclic amines) is 1. The van der Waals surface area contributed by atoms with E-state index in [9.17, 15) is 19.1 Å². The second-order valence-electron chi connectivity index (χ2n) is 7.95. The molecule has 0 radical (unpaired) electrons. The molecule has 4 rings (SSSR count). The number of rotatable bonds is 6. The van der Waals surface area contributed by atoms with Crippen LogP contribution in [-0.2, 0) is 9.59 Å². The molecule has 0 aliphatic carbocycles. The Labute approximate surface area is 179 Å². The number of benzene rings is 2. The van der Waals surface area contributed by atoms with Crippen molar-refractivity contribution in [3.05, 3.63) is 77.2 Å². The summed E-state index contributed by atoms with van der Waals surface area (Å²) in [5.74, 6) is -2.13. The van der Waals surface area contributed by atoms with E-state index in [1.54, 1.807) is 6.20 Å². The number of nitrogens with zero attached hydrogens (tertiary/aromatic N) is 2. The number of hydrogen-bond acceptors (Lipinski definition) is 4. The highest BCUT2D eigenvalue weighted by atomic mass is 19.1. The van der Waals surface area contributed by atoms with Gasteiger partial charge in [0.1, 0.15) is 11.6 Å². The van der Waals surface area contributed by atoms with Gasteiger partial charge in [0, 0.05) is 34.8 Å². The van der Waals surface area contributed by atoms with Gasteiger partial charge in [-0.25, -0.2) is 4.39 Å². The first kappa shape index (κ1) is 20.8. The fourth-order valence-electron chi connectivity index (χ4n) is 4.07. The van der Waals surface area contributed by atoms with Crippen molar-refractivity contribution in [3.63, 3.8) is 0 Å². The molecule has 7 heteroatoms. The lowest BCUT2D eigenvalue weighted by molar-refractivity contribution is -0.139. The molecule has 3 aromatic rings. The summed E-state index contributed by atoms with van der Waals surface area (Å²) >= 11 is 0. The largest absolute Gasteiger partial charge is 0.507 e. The first-order chi connectivity index (χ1) is 14.9. The highest BCUT2D eigenvalue weighted by Crippen LogP contribution is 2.41. The minimum Gasteiger partial charge on any atom is -0.507 e. The van der Waals surface area contributed by atoms with Crippen molar-refractivity contribution in [2.24, 2.45) is 0 Å². The van der Waals surface area contributed by atoms with Crippen LogP contribution in [0.4, 0.5) is 4.39 Å². The van der Waals surface area contributed by atoms with E-state index < -0.39 is 23.5 Å². The molecule has 0 saturated carbocycles. The van der Waals surface area contributed by atoms with Gasteiger partial charge in [0.25, 0.3) is 11.7 Å². The number of carbonyl (C=O) groups excluding carboxylic acids is 2. The second-order valence-corrected chi connectivity index (χ2v) is 7.95.